The zero-order chi connectivity index (χ0) is 16.1. The van der Waals surface area contributed by atoms with E-state index < -0.39 is 5.82 Å². The Balaban J connectivity index is 2.38. The number of hydrogen-bond donors (Lipinski definition) is 1. The average Bonchev–Trinajstić information content (AvgIpc) is 2.53. The highest BCUT2D eigenvalue weighted by molar-refractivity contribution is 6.09. The van der Waals surface area contributed by atoms with E-state index >= 15 is 0 Å². The van der Waals surface area contributed by atoms with Gasteiger partial charge in [-0.25, -0.2) is 4.39 Å². The largest absolute Gasteiger partial charge is 0.323 e. The number of rotatable bonds is 4. The summed E-state index contributed by atoms with van der Waals surface area (Å²) in [6.45, 7) is 1.76. The van der Waals surface area contributed by atoms with Crippen LogP contribution >= 0.6 is 0 Å². The van der Waals surface area contributed by atoms with Crippen molar-refractivity contribution in [1.29, 1.82) is 0 Å². The predicted octanol–water partition coefficient (Wildman–Crippen LogP) is 2.55. The van der Waals surface area contributed by atoms with Gasteiger partial charge < -0.3 is 10.6 Å². The summed E-state index contributed by atoms with van der Waals surface area (Å²) in [5, 5.41) is 0. The number of hydrogen-bond acceptors (Lipinski definition) is 4. The van der Waals surface area contributed by atoms with Gasteiger partial charge in [-0.1, -0.05) is 0 Å². The van der Waals surface area contributed by atoms with Gasteiger partial charge in [0.05, 0.1) is 23.1 Å². The summed E-state index contributed by atoms with van der Waals surface area (Å²) in [5.74, 6) is -0.869. The Bertz CT molecular complexity index is 686. The lowest BCUT2D eigenvalue weighted by Crippen LogP contribution is -2.26. The molecular formula is C16H17FN4O. The molecule has 2 aromatic rings. The van der Waals surface area contributed by atoms with E-state index in [4.69, 9.17) is 5.73 Å². The van der Waals surface area contributed by atoms with Crippen LogP contribution in [0.1, 0.15) is 17.3 Å². The smallest absolute Gasteiger partial charge is 0.260 e. The Morgan fingerprint density at radius 2 is 2.23 bits per heavy atom. The maximum Gasteiger partial charge on any atom is 0.260 e. The Kier molecular flexibility index (Phi) is 4.95. The number of amides is 1. The predicted molar refractivity (Wildman–Crippen MR) is 85.2 cm³/mol. The Labute approximate surface area is 128 Å². The van der Waals surface area contributed by atoms with Gasteiger partial charge in [0.25, 0.3) is 5.91 Å². The van der Waals surface area contributed by atoms with Crippen LogP contribution < -0.4 is 10.6 Å². The second-order valence-corrected chi connectivity index (χ2v) is 4.87. The molecule has 0 bridgehead atoms. The van der Waals surface area contributed by atoms with E-state index in [9.17, 15) is 9.18 Å². The first-order chi connectivity index (χ1) is 10.5. The highest BCUT2D eigenvalue weighted by Gasteiger charge is 2.18. The molecule has 0 unspecified atom stereocenters. The molecular weight excluding hydrogens is 283 g/mol. The minimum atomic E-state index is -0.498. The van der Waals surface area contributed by atoms with Crippen LogP contribution in [0.3, 0.4) is 0 Å². The van der Waals surface area contributed by atoms with E-state index in [0.717, 1.165) is 0 Å². The molecule has 0 radical (unpaired) electrons. The molecule has 0 saturated heterocycles. The molecule has 114 valence electrons. The molecule has 1 atom stereocenters. The van der Waals surface area contributed by atoms with Crippen LogP contribution in [0.4, 0.5) is 15.8 Å². The van der Waals surface area contributed by atoms with E-state index in [2.05, 4.69) is 9.98 Å². The lowest BCUT2D eigenvalue weighted by atomic mass is 10.1. The summed E-state index contributed by atoms with van der Waals surface area (Å²) >= 11 is 0. The summed E-state index contributed by atoms with van der Waals surface area (Å²) in [6.07, 6.45) is 4.68. The van der Waals surface area contributed by atoms with Crippen molar-refractivity contribution in [2.45, 2.75) is 13.0 Å². The second-order valence-electron chi connectivity index (χ2n) is 4.87. The average molecular weight is 300 g/mol. The maximum absolute atomic E-state index is 13.5. The van der Waals surface area contributed by atoms with Crippen molar-refractivity contribution < 1.29 is 9.18 Å². The van der Waals surface area contributed by atoms with Gasteiger partial charge >= 0.3 is 0 Å². The van der Waals surface area contributed by atoms with Crippen LogP contribution in [0.15, 0.2) is 47.7 Å². The maximum atomic E-state index is 13.5. The highest BCUT2D eigenvalue weighted by atomic mass is 19.1. The number of nitrogens with zero attached hydrogens (tertiary/aromatic N) is 3. The fourth-order valence-electron chi connectivity index (χ4n) is 1.84. The summed E-state index contributed by atoms with van der Waals surface area (Å²) in [4.78, 5) is 22.1. The molecule has 0 aliphatic carbocycles. The van der Waals surface area contributed by atoms with Crippen molar-refractivity contribution in [3.63, 3.8) is 0 Å². The Hall–Kier alpha value is -2.60. The molecule has 6 heteroatoms. The fourth-order valence-corrected chi connectivity index (χ4v) is 1.84. The summed E-state index contributed by atoms with van der Waals surface area (Å²) in [7, 11) is 1.60. The van der Waals surface area contributed by atoms with Gasteiger partial charge in [-0.3, -0.25) is 14.8 Å². The number of pyridine rings is 1. The molecule has 0 fully saturated rings. The molecule has 2 N–H and O–H groups in total. The van der Waals surface area contributed by atoms with Crippen molar-refractivity contribution in [3.05, 3.63) is 54.1 Å². The quantitative estimate of drug-likeness (QED) is 0.882. The number of aromatic nitrogens is 1. The first-order valence-electron chi connectivity index (χ1n) is 6.76. The summed E-state index contributed by atoms with van der Waals surface area (Å²) in [5.41, 5.74) is 6.77. The van der Waals surface area contributed by atoms with E-state index in [1.807, 2.05) is 0 Å². The van der Waals surface area contributed by atoms with Crippen LogP contribution in [0.2, 0.25) is 0 Å². The molecule has 1 heterocycles. The number of carbonyl (C=O) groups excluding carboxylic acids is 1. The molecule has 5 nitrogen and oxygen atoms in total. The van der Waals surface area contributed by atoms with Gasteiger partial charge in [-0.2, -0.15) is 0 Å². The lowest BCUT2D eigenvalue weighted by molar-refractivity contribution is 0.0993. The second kappa shape index (κ2) is 6.91. The number of carbonyl (C=O) groups is 1. The molecule has 0 aliphatic rings. The van der Waals surface area contributed by atoms with E-state index in [0.29, 0.717) is 11.4 Å². The van der Waals surface area contributed by atoms with Gasteiger partial charge in [-0.15, -0.1) is 0 Å². The van der Waals surface area contributed by atoms with Gasteiger partial charge in [-0.05, 0) is 37.3 Å². The molecule has 1 aromatic heterocycles. The first kappa shape index (κ1) is 15.8. The molecule has 1 aromatic carbocycles. The number of aliphatic imine (C=N–C) groups is 1. The normalized spacial score (nSPS) is 12.4. The molecule has 2 rings (SSSR count). The van der Waals surface area contributed by atoms with E-state index in [-0.39, 0.29) is 17.5 Å². The molecule has 22 heavy (non-hydrogen) atoms. The van der Waals surface area contributed by atoms with Gasteiger partial charge in [0, 0.05) is 25.5 Å². The zero-order valence-corrected chi connectivity index (χ0v) is 12.4. The standard InChI is InChI=1S/C16H17FN4O/c1-11(18)9-20-15-6-5-12(17)8-14(15)16(22)21(2)13-4-3-7-19-10-13/h3-11H,18H2,1-2H3/t11-/m0/s1. The monoisotopic (exact) mass is 300 g/mol. The third kappa shape index (κ3) is 3.73. The SMILES string of the molecule is C[C@H](N)C=Nc1ccc(F)cc1C(=O)N(C)c1cccnc1. The number of benzene rings is 1. The number of nitrogens with two attached hydrogens (primary N) is 1. The third-order valence-corrected chi connectivity index (χ3v) is 2.98. The molecule has 0 aliphatic heterocycles. The highest BCUT2D eigenvalue weighted by Crippen LogP contribution is 2.23. The number of halogens is 1. The minimum Gasteiger partial charge on any atom is -0.323 e. The molecule has 0 saturated carbocycles. The number of anilines is 1. The van der Waals surface area contributed by atoms with E-state index in [1.165, 1.54) is 29.3 Å². The van der Waals surface area contributed by atoms with Crippen LogP contribution in [-0.2, 0) is 0 Å². The van der Waals surface area contributed by atoms with Crippen molar-refractivity contribution in [1.82, 2.24) is 4.98 Å². The van der Waals surface area contributed by atoms with Crippen LogP contribution in [-0.4, -0.2) is 30.2 Å². The van der Waals surface area contributed by atoms with Gasteiger partial charge in [0.1, 0.15) is 5.82 Å². The fraction of sp³-hybridized carbons (Fsp3) is 0.188. The van der Waals surface area contributed by atoms with Gasteiger partial charge in [0.15, 0.2) is 0 Å². The van der Waals surface area contributed by atoms with Crippen molar-refractivity contribution >= 4 is 23.5 Å². The minimum absolute atomic E-state index is 0.170. The van der Waals surface area contributed by atoms with Crippen molar-refractivity contribution in [2.75, 3.05) is 11.9 Å². The zero-order valence-electron chi connectivity index (χ0n) is 12.4. The van der Waals surface area contributed by atoms with Crippen LogP contribution in [0.25, 0.3) is 0 Å². The lowest BCUT2D eigenvalue weighted by Gasteiger charge is -2.18. The summed E-state index contributed by atoms with van der Waals surface area (Å²) < 4.78 is 13.5. The van der Waals surface area contributed by atoms with Crippen molar-refractivity contribution in [3.8, 4) is 0 Å². The van der Waals surface area contributed by atoms with Crippen LogP contribution in [0, 0.1) is 5.82 Å². The Morgan fingerprint density at radius 1 is 1.45 bits per heavy atom. The van der Waals surface area contributed by atoms with E-state index in [1.54, 1.807) is 38.5 Å². The molecule has 1 amide bonds. The van der Waals surface area contributed by atoms with Crippen LogP contribution in [0.5, 0.6) is 0 Å². The third-order valence-electron chi connectivity index (χ3n) is 2.98. The topological polar surface area (TPSA) is 71.6 Å². The summed E-state index contributed by atoms with van der Waals surface area (Å²) in [6, 6.07) is 7.09. The Morgan fingerprint density at radius 3 is 2.86 bits per heavy atom. The molecule has 0 spiro atoms. The first-order valence-corrected chi connectivity index (χ1v) is 6.76. The van der Waals surface area contributed by atoms with Gasteiger partial charge in [0.2, 0.25) is 0 Å². The van der Waals surface area contributed by atoms with Crippen molar-refractivity contribution in [2.24, 2.45) is 10.7 Å².